The first-order valence-electron chi connectivity index (χ1n) is 13.7. The first kappa shape index (κ1) is 25.3. The normalized spacial score (nSPS) is 20.6. The number of methoxy groups -OCH3 is 1. The SMILES string of the molecule is COc1cc2c(NC3CCOCC3)nc(N3CCCN(C)CC3)nc2cc1OCCCN1CCCC1. The molecule has 0 saturated carbocycles. The first-order chi connectivity index (χ1) is 17.7. The number of benzene rings is 1. The molecule has 0 atom stereocenters. The molecule has 3 saturated heterocycles. The van der Waals surface area contributed by atoms with Crippen LogP contribution in [0, 0.1) is 0 Å². The molecule has 5 rings (SSSR count). The van der Waals surface area contributed by atoms with Crippen molar-refractivity contribution in [2.75, 3.05) is 90.0 Å². The summed E-state index contributed by atoms with van der Waals surface area (Å²) in [5.74, 6) is 3.14. The Balaban J connectivity index is 1.41. The fraction of sp³-hybridized carbons (Fsp3) is 0.704. The maximum atomic E-state index is 6.24. The van der Waals surface area contributed by atoms with Crippen molar-refractivity contribution >= 4 is 22.7 Å². The summed E-state index contributed by atoms with van der Waals surface area (Å²) in [6, 6.07) is 4.41. The van der Waals surface area contributed by atoms with E-state index < -0.39 is 0 Å². The van der Waals surface area contributed by atoms with Crippen molar-refractivity contribution in [1.82, 2.24) is 19.8 Å². The van der Waals surface area contributed by atoms with E-state index in [0.29, 0.717) is 12.6 Å². The summed E-state index contributed by atoms with van der Waals surface area (Å²) in [7, 11) is 3.88. The topological polar surface area (TPSA) is 75.2 Å². The number of fused-ring (bicyclic) bond motifs is 1. The lowest BCUT2D eigenvalue weighted by molar-refractivity contribution is 0.0904. The largest absolute Gasteiger partial charge is 0.493 e. The number of hydrogen-bond acceptors (Lipinski definition) is 9. The van der Waals surface area contributed by atoms with Gasteiger partial charge >= 0.3 is 0 Å². The van der Waals surface area contributed by atoms with Crippen LogP contribution in [-0.2, 0) is 4.74 Å². The zero-order valence-electron chi connectivity index (χ0n) is 22.0. The molecule has 9 nitrogen and oxygen atoms in total. The van der Waals surface area contributed by atoms with Crippen LogP contribution in [0.1, 0.15) is 38.5 Å². The Bertz CT molecular complexity index is 993. The summed E-state index contributed by atoms with van der Waals surface area (Å²) in [6.45, 7) is 9.75. The number of hydrogen-bond donors (Lipinski definition) is 1. The van der Waals surface area contributed by atoms with Crippen LogP contribution in [0.25, 0.3) is 10.9 Å². The van der Waals surface area contributed by atoms with E-state index in [1.54, 1.807) is 7.11 Å². The molecule has 1 aromatic heterocycles. The molecule has 3 aliphatic heterocycles. The second kappa shape index (κ2) is 12.3. The fourth-order valence-corrected chi connectivity index (χ4v) is 5.41. The number of likely N-dealkylation sites (tertiary alicyclic amines) is 1. The van der Waals surface area contributed by atoms with Crippen LogP contribution in [0.4, 0.5) is 11.8 Å². The molecule has 3 fully saturated rings. The average molecular weight is 499 g/mol. The highest BCUT2D eigenvalue weighted by molar-refractivity contribution is 5.93. The van der Waals surface area contributed by atoms with Gasteiger partial charge in [-0.3, -0.25) is 0 Å². The van der Waals surface area contributed by atoms with Crippen molar-refractivity contribution in [2.45, 2.75) is 44.6 Å². The lowest BCUT2D eigenvalue weighted by Crippen LogP contribution is -2.31. The molecule has 2 aromatic rings. The fourth-order valence-electron chi connectivity index (χ4n) is 5.41. The molecule has 4 heterocycles. The highest BCUT2D eigenvalue weighted by atomic mass is 16.5. The number of likely N-dealkylation sites (N-methyl/N-ethyl adjacent to an activating group) is 1. The summed E-state index contributed by atoms with van der Waals surface area (Å²) in [4.78, 5) is 17.3. The zero-order valence-corrected chi connectivity index (χ0v) is 22.0. The lowest BCUT2D eigenvalue weighted by Gasteiger charge is -2.26. The van der Waals surface area contributed by atoms with Crippen LogP contribution in [0.3, 0.4) is 0 Å². The maximum Gasteiger partial charge on any atom is 0.227 e. The zero-order chi connectivity index (χ0) is 24.7. The Morgan fingerprint density at radius 2 is 1.81 bits per heavy atom. The average Bonchev–Trinajstić information content (AvgIpc) is 3.33. The van der Waals surface area contributed by atoms with Crippen LogP contribution in [0.2, 0.25) is 0 Å². The molecule has 0 unspecified atom stereocenters. The minimum Gasteiger partial charge on any atom is -0.493 e. The highest BCUT2D eigenvalue weighted by Gasteiger charge is 2.22. The van der Waals surface area contributed by atoms with Gasteiger partial charge in [-0.25, -0.2) is 4.98 Å². The van der Waals surface area contributed by atoms with Crippen molar-refractivity contribution in [3.8, 4) is 11.5 Å². The minimum atomic E-state index is 0.340. The van der Waals surface area contributed by atoms with Crippen LogP contribution in [0.5, 0.6) is 11.5 Å². The molecule has 0 aliphatic carbocycles. The smallest absolute Gasteiger partial charge is 0.227 e. The van der Waals surface area contributed by atoms with Gasteiger partial charge < -0.3 is 34.2 Å². The summed E-state index contributed by atoms with van der Waals surface area (Å²) in [5, 5.41) is 4.68. The van der Waals surface area contributed by atoms with Crippen molar-refractivity contribution < 1.29 is 14.2 Å². The summed E-state index contributed by atoms with van der Waals surface area (Å²) >= 11 is 0. The van der Waals surface area contributed by atoms with E-state index in [0.717, 1.165) is 106 Å². The predicted molar refractivity (Wildman–Crippen MR) is 144 cm³/mol. The van der Waals surface area contributed by atoms with Gasteiger partial charge in [0.1, 0.15) is 5.82 Å². The van der Waals surface area contributed by atoms with E-state index in [2.05, 4.69) is 27.1 Å². The number of ether oxygens (including phenoxy) is 3. The van der Waals surface area contributed by atoms with Crippen molar-refractivity contribution in [3.05, 3.63) is 12.1 Å². The molecule has 0 amide bonds. The van der Waals surface area contributed by atoms with Crippen molar-refractivity contribution in [1.29, 1.82) is 0 Å². The van der Waals surface area contributed by atoms with E-state index in [1.165, 1.54) is 25.9 Å². The standard InChI is InChI=1S/C27H42N6O3/c1-31-9-5-13-33(15-14-31)27-29-23-20-25(36-16-6-12-32-10-3-4-11-32)24(34-2)19-22(23)26(30-27)28-21-7-17-35-18-8-21/h19-21H,3-18H2,1-2H3,(H,28,29,30). The maximum absolute atomic E-state index is 6.24. The summed E-state index contributed by atoms with van der Waals surface area (Å²) in [5.41, 5.74) is 0.891. The number of aromatic nitrogens is 2. The molecular formula is C27H42N6O3. The molecule has 0 radical (unpaired) electrons. The molecule has 9 heteroatoms. The van der Waals surface area contributed by atoms with Gasteiger partial charge in [0.2, 0.25) is 5.95 Å². The summed E-state index contributed by atoms with van der Waals surface area (Å²) in [6.07, 6.45) is 6.70. The number of anilines is 2. The van der Waals surface area contributed by atoms with E-state index in [1.807, 2.05) is 12.1 Å². The third-order valence-electron chi connectivity index (χ3n) is 7.61. The van der Waals surface area contributed by atoms with Gasteiger partial charge in [0, 0.05) is 56.9 Å². The lowest BCUT2D eigenvalue weighted by atomic mass is 10.1. The molecule has 3 aliphatic rings. The Morgan fingerprint density at radius 3 is 2.61 bits per heavy atom. The quantitative estimate of drug-likeness (QED) is 0.525. The van der Waals surface area contributed by atoms with E-state index in [-0.39, 0.29) is 0 Å². The van der Waals surface area contributed by atoms with Gasteiger partial charge in [0.05, 0.1) is 19.2 Å². The number of nitrogens with one attached hydrogen (secondary N) is 1. The second-order valence-corrected chi connectivity index (χ2v) is 10.3. The minimum absolute atomic E-state index is 0.340. The molecule has 198 valence electrons. The molecule has 0 bridgehead atoms. The van der Waals surface area contributed by atoms with Crippen LogP contribution < -0.4 is 19.7 Å². The molecule has 1 N–H and O–H groups in total. The Morgan fingerprint density at radius 1 is 0.972 bits per heavy atom. The summed E-state index contributed by atoms with van der Waals surface area (Å²) < 4.78 is 17.6. The number of rotatable bonds is 9. The molecule has 1 aromatic carbocycles. The van der Waals surface area contributed by atoms with Gasteiger partial charge in [-0.15, -0.1) is 0 Å². The third-order valence-corrected chi connectivity index (χ3v) is 7.61. The van der Waals surface area contributed by atoms with Crippen molar-refractivity contribution in [2.24, 2.45) is 0 Å². The Hall–Kier alpha value is -2.36. The van der Waals surface area contributed by atoms with E-state index >= 15 is 0 Å². The Labute approximate surface area is 215 Å². The van der Waals surface area contributed by atoms with Crippen LogP contribution in [-0.4, -0.2) is 106 Å². The van der Waals surface area contributed by atoms with Crippen LogP contribution in [0.15, 0.2) is 12.1 Å². The first-order valence-corrected chi connectivity index (χ1v) is 13.7. The highest BCUT2D eigenvalue weighted by Crippen LogP contribution is 2.36. The van der Waals surface area contributed by atoms with Gasteiger partial charge in [0.25, 0.3) is 0 Å². The third kappa shape index (κ3) is 6.30. The molecular weight excluding hydrogens is 456 g/mol. The van der Waals surface area contributed by atoms with E-state index in [9.17, 15) is 0 Å². The van der Waals surface area contributed by atoms with Crippen LogP contribution >= 0.6 is 0 Å². The Kier molecular flexibility index (Phi) is 8.61. The second-order valence-electron chi connectivity index (χ2n) is 10.3. The monoisotopic (exact) mass is 498 g/mol. The molecule has 0 spiro atoms. The van der Waals surface area contributed by atoms with Gasteiger partial charge in [-0.2, -0.15) is 4.98 Å². The van der Waals surface area contributed by atoms with E-state index in [4.69, 9.17) is 24.2 Å². The van der Waals surface area contributed by atoms with Gasteiger partial charge in [-0.05, 0) is 71.3 Å². The van der Waals surface area contributed by atoms with Crippen molar-refractivity contribution in [3.63, 3.8) is 0 Å². The van der Waals surface area contributed by atoms with Gasteiger partial charge in [-0.1, -0.05) is 0 Å². The van der Waals surface area contributed by atoms with Gasteiger partial charge in [0.15, 0.2) is 11.5 Å². The number of nitrogens with zero attached hydrogens (tertiary/aromatic N) is 5. The predicted octanol–water partition coefficient (Wildman–Crippen LogP) is 3.24. The molecule has 36 heavy (non-hydrogen) atoms.